The Morgan fingerprint density at radius 2 is 1.47 bits per heavy atom. The van der Waals surface area contributed by atoms with Crippen molar-refractivity contribution < 1.29 is 29.3 Å². The molecule has 0 spiro atoms. The van der Waals surface area contributed by atoms with Crippen molar-refractivity contribution in [2.24, 2.45) is 0 Å². The van der Waals surface area contributed by atoms with E-state index in [2.05, 4.69) is 22.6 Å². The van der Waals surface area contributed by atoms with Crippen LogP contribution in [0.2, 0.25) is 0 Å². The summed E-state index contributed by atoms with van der Waals surface area (Å²) in [6, 6.07) is 0. The van der Waals surface area contributed by atoms with Gasteiger partial charge in [0.1, 0.15) is 0 Å². The Labute approximate surface area is 112 Å². The molecule has 0 atom stereocenters. The van der Waals surface area contributed by atoms with Crippen LogP contribution in [0.3, 0.4) is 0 Å². The van der Waals surface area contributed by atoms with E-state index in [1.165, 1.54) is 0 Å². The van der Waals surface area contributed by atoms with E-state index >= 15 is 0 Å². The molecule has 19 heavy (non-hydrogen) atoms. The van der Waals surface area contributed by atoms with Crippen molar-refractivity contribution in [3.05, 3.63) is 25.3 Å². The molecule has 0 heterocycles. The predicted octanol–water partition coefficient (Wildman–Crippen LogP) is 1.03. The van der Waals surface area contributed by atoms with Gasteiger partial charge in [0, 0.05) is 12.2 Å². The van der Waals surface area contributed by atoms with Crippen LogP contribution < -0.4 is 0 Å². The Balaban J connectivity index is 4.65. The first-order chi connectivity index (χ1) is 8.62. The maximum absolute atomic E-state index is 11.1. The van der Waals surface area contributed by atoms with Gasteiger partial charge in [-0.25, -0.2) is 9.59 Å². The Kier molecular flexibility index (Phi) is 6.44. The highest BCUT2D eigenvalue weighted by atomic mass is 16.8. The van der Waals surface area contributed by atoms with Crippen LogP contribution in [-0.2, 0) is 19.1 Å². The maximum atomic E-state index is 11.1. The number of ether oxygens (including phenoxy) is 2. The van der Waals surface area contributed by atoms with E-state index in [0.29, 0.717) is 6.42 Å². The van der Waals surface area contributed by atoms with Gasteiger partial charge in [-0.15, -0.1) is 0 Å². The lowest BCUT2D eigenvalue weighted by molar-refractivity contribution is -0.324. The van der Waals surface area contributed by atoms with Crippen molar-refractivity contribution in [2.45, 2.75) is 44.7 Å². The second kappa shape index (κ2) is 7.06. The first-order valence-corrected chi connectivity index (χ1v) is 5.77. The number of carbonyl (C=O) groups excluding carboxylic acids is 2. The van der Waals surface area contributed by atoms with Crippen LogP contribution in [0.5, 0.6) is 0 Å². The van der Waals surface area contributed by atoms with Gasteiger partial charge in [0.05, 0.1) is 12.0 Å². The highest BCUT2D eigenvalue weighted by molar-refractivity contribution is 5.83. The molecule has 0 radical (unpaired) electrons. The van der Waals surface area contributed by atoms with E-state index in [1.807, 2.05) is 0 Å². The molecule has 0 fully saturated rings. The smallest absolute Gasteiger partial charge is 0.373 e. The Hall–Kier alpha value is -1.66. The molecule has 0 aromatic heterocycles. The molecule has 108 valence electrons. The molecule has 6 heteroatoms. The number of rotatable bonds is 8. The summed E-state index contributed by atoms with van der Waals surface area (Å²) in [5.74, 6) is -4.24. The number of esters is 2. The highest BCUT2D eigenvalue weighted by Gasteiger charge is 2.35. The van der Waals surface area contributed by atoms with Gasteiger partial charge in [-0.3, -0.25) is 0 Å². The van der Waals surface area contributed by atoms with E-state index in [1.54, 1.807) is 13.8 Å². The summed E-state index contributed by atoms with van der Waals surface area (Å²) in [6.45, 7) is 9.54. The molecule has 0 aliphatic rings. The molecule has 0 bridgehead atoms. The second-order valence-corrected chi connectivity index (χ2v) is 4.63. The SMILES string of the molecule is C=CC(=O)OC(O)(CCCC(C)(C)O)OC(=O)C=C. The quantitative estimate of drug-likeness (QED) is 0.389. The zero-order valence-electron chi connectivity index (χ0n) is 11.2. The summed E-state index contributed by atoms with van der Waals surface area (Å²) in [5.41, 5.74) is -0.939. The maximum Gasteiger partial charge on any atom is 0.373 e. The van der Waals surface area contributed by atoms with Gasteiger partial charge in [0.25, 0.3) is 0 Å². The summed E-state index contributed by atoms with van der Waals surface area (Å²) in [4.78, 5) is 22.2. The highest BCUT2D eigenvalue weighted by Crippen LogP contribution is 2.22. The summed E-state index contributed by atoms with van der Waals surface area (Å²) in [7, 11) is 0. The predicted molar refractivity (Wildman–Crippen MR) is 67.7 cm³/mol. The molecule has 0 unspecified atom stereocenters. The van der Waals surface area contributed by atoms with Gasteiger partial charge >= 0.3 is 17.9 Å². The van der Waals surface area contributed by atoms with Crippen LogP contribution >= 0.6 is 0 Å². The van der Waals surface area contributed by atoms with Crippen LogP contribution in [0.15, 0.2) is 25.3 Å². The fourth-order valence-corrected chi connectivity index (χ4v) is 1.26. The van der Waals surface area contributed by atoms with Gasteiger partial charge < -0.3 is 19.7 Å². The van der Waals surface area contributed by atoms with Crippen molar-refractivity contribution in [1.29, 1.82) is 0 Å². The standard InChI is InChI=1S/C13H20O6/c1-5-10(14)18-13(17,19-11(15)6-2)9-7-8-12(3,4)16/h5-6,16-17H,1-2,7-9H2,3-4H3. The van der Waals surface area contributed by atoms with Crippen molar-refractivity contribution in [2.75, 3.05) is 0 Å². The molecule has 0 amide bonds. The van der Waals surface area contributed by atoms with Crippen LogP contribution in [0, 0.1) is 0 Å². The average Bonchev–Trinajstić information content (AvgIpc) is 2.26. The van der Waals surface area contributed by atoms with Crippen molar-refractivity contribution >= 4 is 11.9 Å². The van der Waals surface area contributed by atoms with Crippen molar-refractivity contribution in [3.63, 3.8) is 0 Å². The largest absolute Gasteiger partial charge is 0.395 e. The van der Waals surface area contributed by atoms with Crippen LogP contribution in [0.1, 0.15) is 33.1 Å². The molecule has 0 aromatic carbocycles. The van der Waals surface area contributed by atoms with Gasteiger partial charge in [0.2, 0.25) is 0 Å². The van der Waals surface area contributed by atoms with Crippen LogP contribution in [-0.4, -0.2) is 33.7 Å². The van der Waals surface area contributed by atoms with Crippen LogP contribution in [0.4, 0.5) is 0 Å². The summed E-state index contributed by atoms with van der Waals surface area (Å²) < 4.78 is 9.20. The topological polar surface area (TPSA) is 93.1 Å². The van der Waals surface area contributed by atoms with E-state index in [-0.39, 0.29) is 12.8 Å². The zero-order valence-corrected chi connectivity index (χ0v) is 11.2. The minimum absolute atomic E-state index is 0.170. The molecule has 6 nitrogen and oxygen atoms in total. The van der Waals surface area contributed by atoms with E-state index in [4.69, 9.17) is 0 Å². The summed E-state index contributed by atoms with van der Waals surface area (Å²) in [5, 5.41) is 19.5. The molecular weight excluding hydrogens is 252 g/mol. The molecule has 0 rings (SSSR count). The van der Waals surface area contributed by atoms with E-state index in [0.717, 1.165) is 12.2 Å². The lowest BCUT2D eigenvalue weighted by atomic mass is 10.0. The number of hydrogen-bond acceptors (Lipinski definition) is 6. The third kappa shape index (κ3) is 8.12. The zero-order chi connectivity index (χ0) is 15.1. The Morgan fingerprint density at radius 3 is 1.79 bits per heavy atom. The molecule has 0 aliphatic carbocycles. The monoisotopic (exact) mass is 272 g/mol. The van der Waals surface area contributed by atoms with E-state index < -0.39 is 23.5 Å². The first kappa shape index (κ1) is 17.3. The number of hydrogen-bond donors (Lipinski definition) is 2. The summed E-state index contributed by atoms with van der Waals surface area (Å²) >= 11 is 0. The number of carbonyl (C=O) groups is 2. The molecule has 0 saturated carbocycles. The lowest BCUT2D eigenvalue weighted by Gasteiger charge is -2.27. The molecule has 0 aromatic rings. The molecular formula is C13H20O6. The van der Waals surface area contributed by atoms with Crippen molar-refractivity contribution in [1.82, 2.24) is 0 Å². The number of aliphatic hydroxyl groups is 2. The average molecular weight is 272 g/mol. The van der Waals surface area contributed by atoms with Gasteiger partial charge in [-0.05, 0) is 26.7 Å². The van der Waals surface area contributed by atoms with Gasteiger partial charge in [-0.2, -0.15) is 0 Å². The van der Waals surface area contributed by atoms with Crippen molar-refractivity contribution in [3.8, 4) is 0 Å². The molecule has 0 aliphatic heterocycles. The third-order valence-electron chi connectivity index (χ3n) is 2.13. The van der Waals surface area contributed by atoms with E-state index in [9.17, 15) is 19.8 Å². The molecule has 2 N–H and O–H groups in total. The lowest BCUT2D eigenvalue weighted by Crippen LogP contribution is -2.39. The normalized spacial score (nSPS) is 11.6. The molecule has 0 saturated heterocycles. The summed E-state index contributed by atoms with van der Waals surface area (Å²) in [6.07, 6.45) is 2.10. The second-order valence-electron chi connectivity index (χ2n) is 4.63. The third-order valence-corrected chi connectivity index (χ3v) is 2.13. The fraction of sp³-hybridized carbons (Fsp3) is 0.538. The van der Waals surface area contributed by atoms with Crippen LogP contribution in [0.25, 0.3) is 0 Å². The first-order valence-electron chi connectivity index (χ1n) is 5.77. The van der Waals surface area contributed by atoms with Gasteiger partial charge in [-0.1, -0.05) is 13.2 Å². The fourth-order valence-electron chi connectivity index (χ4n) is 1.26. The van der Waals surface area contributed by atoms with Gasteiger partial charge in [0.15, 0.2) is 0 Å². The minimum Gasteiger partial charge on any atom is -0.395 e. The Morgan fingerprint density at radius 1 is 1.05 bits per heavy atom. The Bertz CT molecular complexity index is 331. The minimum atomic E-state index is -2.39.